The van der Waals surface area contributed by atoms with Crippen LogP contribution in [0.4, 0.5) is 22.0 Å². The molecule has 1 aliphatic carbocycles. The number of methoxy groups -OCH3 is 2. The molecule has 4 rings (SSSR count). The molecule has 1 saturated carbocycles. The molecule has 2 aromatic heterocycles. The van der Waals surface area contributed by atoms with Crippen molar-refractivity contribution >= 4 is 58.6 Å². The molecule has 3 amide bonds. The lowest BCUT2D eigenvalue weighted by atomic mass is 9.49. The van der Waals surface area contributed by atoms with E-state index < -0.39 is 17.2 Å². The number of anilines is 3. The summed E-state index contributed by atoms with van der Waals surface area (Å²) in [6.07, 6.45) is 1.03. The highest BCUT2D eigenvalue weighted by Gasteiger charge is 2.30. The van der Waals surface area contributed by atoms with E-state index in [0.29, 0.717) is 22.7 Å². The molecule has 1 fully saturated rings. The molecule has 1 aromatic carbocycles. The number of alkyl carbamates (subject to hydrolysis) is 1. The average Bonchev–Trinajstić information content (AvgIpc) is 3.64. The number of para-hydroxylation sites is 1. The topological polar surface area (TPSA) is 182 Å². The fourth-order valence-corrected chi connectivity index (χ4v) is 3.52. The first-order valence-electron chi connectivity index (χ1n) is 12.2. The number of benzene rings is 1. The predicted molar refractivity (Wildman–Crippen MR) is 148 cm³/mol. The quantitative estimate of drug-likeness (QED) is 0.229. The van der Waals surface area contributed by atoms with Crippen molar-refractivity contribution in [3.63, 3.8) is 0 Å². The summed E-state index contributed by atoms with van der Waals surface area (Å²) in [5.41, 5.74) is 1.27. The van der Waals surface area contributed by atoms with Crippen molar-refractivity contribution in [2.75, 3.05) is 24.9 Å². The van der Waals surface area contributed by atoms with Crippen molar-refractivity contribution in [3.8, 4) is 17.1 Å². The monoisotopic (exact) mass is 532 g/mol. The van der Waals surface area contributed by atoms with Crippen LogP contribution in [0.2, 0.25) is 0 Å². The second-order valence-corrected chi connectivity index (χ2v) is 9.83. The number of carbonyl (C=O) groups excluding carboxylic acids is 3. The lowest BCUT2D eigenvalue weighted by Gasteiger charge is -2.21. The van der Waals surface area contributed by atoms with Crippen molar-refractivity contribution < 1.29 is 28.4 Å². The van der Waals surface area contributed by atoms with E-state index in [2.05, 4.69) is 46.3 Å². The van der Waals surface area contributed by atoms with Gasteiger partial charge in [0, 0.05) is 12.0 Å². The van der Waals surface area contributed by atoms with E-state index >= 15 is 0 Å². The molecule has 0 saturated heterocycles. The predicted octanol–water partition coefficient (Wildman–Crippen LogP) is -1.28. The maximum absolute atomic E-state index is 13.1. The van der Waals surface area contributed by atoms with Crippen LogP contribution in [0, 0.1) is 5.92 Å². The third-order valence-electron chi connectivity index (χ3n) is 5.46. The summed E-state index contributed by atoms with van der Waals surface area (Å²) in [4.78, 5) is 41.0. The third-order valence-corrected chi connectivity index (χ3v) is 5.46. The van der Waals surface area contributed by atoms with Crippen LogP contribution in [-0.4, -0.2) is 81.2 Å². The smallest absolute Gasteiger partial charge is 0.407 e. The molecule has 0 spiro atoms. The Hall–Kier alpha value is -4.56. The van der Waals surface area contributed by atoms with Gasteiger partial charge in [-0.05, 0) is 30.2 Å². The van der Waals surface area contributed by atoms with Gasteiger partial charge in [-0.3, -0.25) is 9.59 Å². The van der Waals surface area contributed by atoms with Gasteiger partial charge in [0.25, 0.3) is 5.91 Å². The zero-order valence-electron chi connectivity index (χ0n) is 22.2. The van der Waals surface area contributed by atoms with E-state index in [1.54, 1.807) is 24.3 Å². The van der Waals surface area contributed by atoms with Gasteiger partial charge in [0.1, 0.15) is 30.1 Å². The van der Waals surface area contributed by atoms with Crippen LogP contribution in [0.5, 0.6) is 5.75 Å². The molecule has 2 heterocycles. The second kappa shape index (κ2) is 11.5. The Kier molecular flexibility index (Phi) is 8.07. The van der Waals surface area contributed by atoms with Crippen LogP contribution in [0.15, 0.2) is 28.8 Å². The summed E-state index contributed by atoms with van der Waals surface area (Å²) in [6, 6.07) is 6.74. The minimum absolute atomic E-state index is 0.0236. The number of nitrogens with one attached hydrogen (secondary N) is 4. The molecular weight excluding hydrogens is 505 g/mol. The maximum atomic E-state index is 13.1. The van der Waals surface area contributed by atoms with Gasteiger partial charge in [0.15, 0.2) is 17.3 Å². The van der Waals surface area contributed by atoms with Crippen LogP contribution in [0.25, 0.3) is 11.4 Å². The van der Waals surface area contributed by atoms with E-state index in [4.69, 9.17) is 9.26 Å². The van der Waals surface area contributed by atoms with Gasteiger partial charge >= 0.3 is 6.09 Å². The zero-order chi connectivity index (χ0) is 28.2. The summed E-state index contributed by atoms with van der Waals surface area (Å²) in [5.74, 6) is 0.307. The number of rotatable bonds is 10. The van der Waals surface area contributed by atoms with Crippen LogP contribution in [-0.2, 0) is 16.1 Å². The van der Waals surface area contributed by atoms with Gasteiger partial charge in [-0.25, -0.2) is 4.79 Å². The lowest BCUT2D eigenvalue weighted by molar-refractivity contribution is -0.117. The van der Waals surface area contributed by atoms with Crippen molar-refractivity contribution in [3.05, 3.63) is 35.9 Å². The largest absolute Gasteiger partial charge is 0.494 e. The van der Waals surface area contributed by atoms with Gasteiger partial charge in [-0.2, -0.15) is 4.98 Å². The molecule has 4 N–H and O–H groups in total. The van der Waals surface area contributed by atoms with Gasteiger partial charge in [-0.1, -0.05) is 11.2 Å². The van der Waals surface area contributed by atoms with Crippen LogP contribution in [0.1, 0.15) is 29.2 Å². The molecule has 3 aromatic rings. The van der Waals surface area contributed by atoms with Crippen LogP contribution in [0.3, 0.4) is 0 Å². The summed E-state index contributed by atoms with van der Waals surface area (Å²) < 4.78 is 15.4. The van der Waals surface area contributed by atoms with E-state index in [1.165, 1.54) is 14.2 Å². The summed E-state index contributed by atoms with van der Waals surface area (Å²) >= 11 is 0. The minimum Gasteiger partial charge on any atom is -0.494 e. The van der Waals surface area contributed by atoms with E-state index in [0.717, 1.165) is 12.8 Å². The Morgan fingerprint density at radius 3 is 2.56 bits per heavy atom. The van der Waals surface area contributed by atoms with Crippen molar-refractivity contribution in [1.29, 1.82) is 0 Å². The highest BCUT2D eigenvalue weighted by molar-refractivity contribution is 6.60. The van der Waals surface area contributed by atoms with Gasteiger partial charge in [0.05, 0.1) is 31.2 Å². The Labute approximate surface area is 226 Å². The number of amides is 3. The maximum Gasteiger partial charge on any atom is 0.407 e. The second-order valence-electron chi connectivity index (χ2n) is 9.83. The SMILES string of the molecule is BC(B)(B)NC(=O)c1nnc(NC(=O)C2CC2)cc1Nc1cccc(-c2noc(CNC(=O)OC)n2)c1OC. The van der Waals surface area contributed by atoms with Crippen molar-refractivity contribution in [2.45, 2.75) is 24.6 Å². The molecule has 0 aliphatic heterocycles. The molecule has 0 atom stereocenters. The number of hydrogen-bond acceptors (Lipinski definition) is 11. The normalized spacial score (nSPS) is 12.8. The molecule has 0 radical (unpaired) electrons. The number of carbonyl (C=O) groups is 3. The Morgan fingerprint density at radius 1 is 1.13 bits per heavy atom. The molecule has 0 unspecified atom stereocenters. The van der Waals surface area contributed by atoms with E-state index in [9.17, 15) is 14.4 Å². The molecule has 14 nitrogen and oxygen atoms in total. The van der Waals surface area contributed by atoms with Crippen LogP contribution >= 0.6 is 0 Å². The third kappa shape index (κ3) is 7.06. The van der Waals surface area contributed by atoms with Crippen LogP contribution < -0.4 is 26.0 Å². The Balaban J connectivity index is 1.66. The van der Waals surface area contributed by atoms with Crippen molar-refractivity contribution in [2.24, 2.45) is 5.92 Å². The number of ether oxygens (including phenoxy) is 2. The zero-order valence-corrected chi connectivity index (χ0v) is 22.2. The molecule has 17 heteroatoms. The molecule has 39 heavy (non-hydrogen) atoms. The van der Waals surface area contributed by atoms with Gasteiger partial charge in [-0.15, -0.1) is 10.2 Å². The number of nitrogens with zero attached hydrogens (tertiary/aromatic N) is 4. The summed E-state index contributed by atoms with van der Waals surface area (Å²) in [5, 5.41) is 22.9. The number of aromatic nitrogens is 4. The molecule has 200 valence electrons. The van der Waals surface area contributed by atoms with Gasteiger partial charge in [0.2, 0.25) is 17.6 Å². The highest BCUT2D eigenvalue weighted by Crippen LogP contribution is 2.37. The fraction of sp³-hybridized carbons (Fsp3) is 0.318. The van der Waals surface area contributed by atoms with E-state index in [-0.39, 0.29) is 41.6 Å². The summed E-state index contributed by atoms with van der Waals surface area (Å²) in [6.45, 7) is -0.0236. The fourth-order valence-electron chi connectivity index (χ4n) is 3.52. The average molecular weight is 532 g/mol. The summed E-state index contributed by atoms with van der Waals surface area (Å²) in [7, 11) is 8.27. The minimum atomic E-state index is -0.636. The first-order valence-corrected chi connectivity index (χ1v) is 12.2. The standard InChI is InChI=1S/C22H27B3N8O6/c1-37-17-11(18-29-15(39-33-18)9-26-21(36)38-2)4-3-5-12(17)27-13-8-14(28-19(34)10-6-7-10)31-32-16(13)20(35)30-22(23,24)25/h3-5,8,10H,6-7,9,23-25H2,1-2H3,(H,26,36)(H,30,35)(H2,27,28,31,34). The first-order chi connectivity index (χ1) is 18.6. The highest BCUT2D eigenvalue weighted by atomic mass is 16.5. The molecule has 1 aliphatic rings. The number of hydrogen-bond donors (Lipinski definition) is 4. The first kappa shape index (κ1) is 27.5. The Bertz CT molecular complexity index is 1390. The van der Waals surface area contributed by atoms with E-state index in [1.807, 2.05) is 23.5 Å². The van der Waals surface area contributed by atoms with Crippen molar-refractivity contribution in [1.82, 2.24) is 31.0 Å². The lowest BCUT2D eigenvalue weighted by Crippen LogP contribution is -2.50. The Morgan fingerprint density at radius 2 is 1.90 bits per heavy atom. The van der Waals surface area contributed by atoms with Gasteiger partial charge < -0.3 is 35.3 Å². The molecular formula is C22H27B3N8O6. The molecule has 0 bridgehead atoms.